The Morgan fingerprint density at radius 3 is 1.95 bits per heavy atom. The van der Waals surface area contributed by atoms with Crippen molar-refractivity contribution in [1.29, 1.82) is 0 Å². The third kappa shape index (κ3) is 12.7. The Bertz CT molecular complexity index is 1020. The molecule has 2 aromatic carbocycles. The molecule has 0 aliphatic heterocycles. The zero-order chi connectivity index (χ0) is 27.3. The number of nitrogens with zero attached hydrogens (tertiary/aromatic N) is 1. The zero-order valence-electron chi connectivity index (χ0n) is 22.3. The van der Waals surface area contributed by atoms with E-state index in [1.165, 1.54) is 6.21 Å². The van der Waals surface area contributed by atoms with Gasteiger partial charge >= 0.3 is 18.0 Å². The van der Waals surface area contributed by atoms with Crippen LogP contribution >= 0.6 is 0 Å². The van der Waals surface area contributed by atoms with E-state index in [0.717, 1.165) is 11.1 Å². The van der Waals surface area contributed by atoms with Gasteiger partial charge in [-0.3, -0.25) is 9.79 Å². The molecule has 0 radical (unpaired) electrons. The van der Waals surface area contributed by atoms with Crippen molar-refractivity contribution < 1.29 is 28.6 Å². The number of carbonyl (C=O) groups is 3. The van der Waals surface area contributed by atoms with Crippen LogP contribution in [-0.4, -0.2) is 41.9 Å². The lowest BCUT2D eigenvalue weighted by atomic mass is 10.0. The summed E-state index contributed by atoms with van der Waals surface area (Å²) in [5, 5.41) is 2.78. The van der Waals surface area contributed by atoms with Crippen molar-refractivity contribution in [2.75, 3.05) is 0 Å². The van der Waals surface area contributed by atoms with Gasteiger partial charge in [0.2, 0.25) is 0 Å². The average Bonchev–Trinajstić information content (AvgIpc) is 2.83. The summed E-state index contributed by atoms with van der Waals surface area (Å²) < 4.78 is 16.1. The summed E-state index contributed by atoms with van der Waals surface area (Å²) in [5.41, 5.74) is 0.977. The fraction of sp³-hybridized carbons (Fsp3) is 0.448. The minimum atomic E-state index is -1.12. The maximum Gasteiger partial charge on any atom is 0.407 e. The molecule has 0 heterocycles. The fourth-order valence-electron chi connectivity index (χ4n) is 3.35. The average molecular weight is 511 g/mol. The van der Waals surface area contributed by atoms with E-state index in [0.29, 0.717) is 6.42 Å². The van der Waals surface area contributed by atoms with E-state index in [4.69, 9.17) is 14.2 Å². The third-order valence-electron chi connectivity index (χ3n) is 4.96. The Hall–Kier alpha value is -3.68. The van der Waals surface area contributed by atoms with Crippen LogP contribution < -0.4 is 5.32 Å². The third-order valence-corrected chi connectivity index (χ3v) is 4.96. The fourth-order valence-corrected chi connectivity index (χ4v) is 3.35. The van der Waals surface area contributed by atoms with E-state index in [9.17, 15) is 14.4 Å². The van der Waals surface area contributed by atoms with E-state index in [-0.39, 0.29) is 25.6 Å². The number of ether oxygens (including phenoxy) is 3. The summed E-state index contributed by atoms with van der Waals surface area (Å²) in [4.78, 5) is 42.1. The van der Waals surface area contributed by atoms with Crippen LogP contribution in [0.15, 0.2) is 65.7 Å². The van der Waals surface area contributed by atoms with Crippen molar-refractivity contribution in [3.8, 4) is 0 Å². The first-order valence-corrected chi connectivity index (χ1v) is 12.4. The molecular formula is C29H38N2O6. The number of alkyl carbamates (subject to hydrolysis) is 1. The normalized spacial score (nSPS) is 13.1. The van der Waals surface area contributed by atoms with E-state index >= 15 is 0 Å². The van der Waals surface area contributed by atoms with Crippen LogP contribution in [0.25, 0.3) is 0 Å². The second-order valence-electron chi connectivity index (χ2n) is 10.1. The summed E-state index contributed by atoms with van der Waals surface area (Å²) in [6, 6.07) is 17.0. The van der Waals surface area contributed by atoms with Gasteiger partial charge in [-0.25, -0.2) is 9.59 Å². The second-order valence-corrected chi connectivity index (χ2v) is 10.1. The topological polar surface area (TPSA) is 103 Å². The molecule has 200 valence electrons. The van der Waals surface area contributed by atoms with Crippen LogP contribution in [0.3, 0.4) is 0 Å². The van der Waals surface area contributed by atoms with Gasteiger partial charge in [-0.15, -0.1) is 0 Å². The monoisotopic (exact) mass is 510 g/mol. The highest BCUT2D eigenvalue weighted by Gasteiger charge is 2.27. The molecule has 1 amide bonds. The van der Waals surface area contributed by atoms with Crippen LogP contribution in [-0.2, 0) is 37.0 Å². The number of hydrogen-bond donors (Lipinski definition) is 1. The molecule has 0 aliphatic rings. The number of carbonyl (C=O) groups excluding carboxylic acids is 3. The van der Waals surface area contributed by atoms with Gasteiger partial charge in [0.1, 0.15) is 18.8 Å². The maximum atomic E-state index is 12.9. The lowest BCUT2D eigenvalue weighted by Crippen LogP contribution is -2.38. The van der Waals surface area contributed by atoms with Gasteiger partial charge in [0.05, 0.1) is 12.5 Å². The molecule has 0 aliphatic carbocycles. The Labute approximate surface area is 219 Å². The number of benzene rings is 2. The summed E-state index contributed by atoms with van der Waals surface area (Å²) in [5.74, 6) is -0.997. The molecule has 0 aromatic heterocycles. The van der Waals surface area contributed by atoms with Gasteiger partial charge < -0.3 is 19.5 Å². The lowest BCUT2D eigenvalue weighted by Gasteiger charge is -2.21. The van der Waals surface area contributed by atoms with Gasteiger partial charge in [-0.1, -0.05) is 74.5 Å². The molecule has 1 N–H and O–H groups in total. The Balaban J connectivity index is 2.09. The number of nitrogens with one attached hydrogen (secondary N) is 1. The van der Waals surface area contributed by atoms with Crippen molar-refractivity contribution in [2.45, 2.75) is 78.4 Å². The highest BCUT2D eigenvalue weighted by atomic mass is 16.6. The molecule has 2 rings (SSSR count). The quantitative estimate of drug-likeness (QED) is 0.238. The van der Waals surface area contributed by atoms with E-state index in [1.807, 2.05) is 74.5 Å². The summed E-state index contributed by atoms with van der Waals surface area (Å²) in [6.45, 7) is 9.45. The smallest absolute Gasteiger partial charge is 0.407 e. The highest BCUT2D eigenvalue weighted by Crippen LogP contribution is 2.13. The summed E-state index contributed by atoms with van der Waals surface area (Å²) in [7, 11) is 0. The maximum absolute atomic E-state index is 12.9. The molecular weight excluding hydrogens is 472 g/mol. The molecule has 0 spiro atoms. The molecule has 0 saturated carbocycles. The molecule has 0 saturated heterocycles. The molecule has 0 bridgehead atoms. The molecule has 8 heteroatoms. The first kappa shape index (κ1) is 29.5. The summed E-state index contributed by atoms with van der Waals surface area (Å²) in [6.07, 6.45) is 1.15. The van der Waals surface area contributed by atoms with Crippen LogP contribution in [0, 0.1) is 5.92 Å². The van der Waals surface area contributed by atoms with Crippen molar-refractivity contribution >= 4 is 24.2 Å². The van der Waals surface area contributed by atoms with E-state index in [1.54, 1.807) is 20.8 Å². The van der Waals surface area contributed by atoms with Gasteiger partial charge in [-0.2, -0.15) is 0 Å². The van der Waals surface area contributed by atoms with Crippen molar-refractivity contribution in [1.82, 2.24) is 5.32 Å². The molecule has 0 unspecified atom stereocenters. The number of rotatable bonds is 12. The molecule has 0 fully saturated rings. The molecule has 8 nitrogen and oxygen atoms in total. The van der Waals surface area contributed by atoms with Crippen LogP contribution in [0.1, 0.15) is 58.6 Å². The van der Waals surface area contributed by atoms with Crippen LogP contribution in [0.4, 0.5) is 4.79 Å². The minimum absolute atomic E-state index is 0.0551. The van der Waals surface area contributed by atoms with Gasteiger partial charge in [0.15, 0.2) is 6.04 Å². The Morgan fingerprint density at radius 2 is 1.43 bits per heavy atom. The Morgan fingerprint density at radius 1 is 0.892 bits per heavy atom. The first-order valence-electron chi connectivity index (χ1n) is 12.4. The highest BCUT2D eigenvalue weighted by molar-refractivity contribution is 5.85. The number of aliphatic imine (C=N–C) groups is 1. The zero-order valence-corrected chi connectivity index (χ0v) is 22.3. The SMILES string of the molecule is CC(C)C[C@@H](C=N[C@@H](CC(=O)OC(C)(C)C)C(=O)OCc1ccccc1)NC(=O)OCc1ccccc1. The minimum Gasteiger partial charge on any atom is -0.460 e. The van der Waals surface area contributed by atoms with Gasteiger partial charge in [0, 0.05) is 6.21 Å². The Kier molecular flexibility index (Phi) is 11.8. The number of hydrogen-bond acceptors (Lipinski definition) is 7. The van der Waals surface area contributed by atoms with E-state index < -0.39 is 35.7 Å². The first-order chi connectivity index (χ1) is 17.5. The van der Waals surface area contributed by atoms with Crippen molar-refractivity contribution in [3.63, 3.8) is 0 Å². The van der Waals surface area contributed by atoms with Crippen LogP contribution in [0.2, 0.25) is 0 Å². The van der Waals surface area contributed by atoms with E-state index in [2.05, 4.69) is 10.3 Å². The standard InChI is InChI=1S/C29H38N2O6/c1-21(2)16-24(31-28(34)36-20-23-14-10-7-11-15-23)18-30-25(17-26(32)37-29(3,4)5)27(33)35-19-22-12-8-6-9-13-22/h6-15,18,21,24-25H,16-17,19-20H2,1-5H3,(H,31,34)/t24-,25-/m0/s1. The summed E-state index contributed by atoms with van der Waals surface area (Å²) >= 11 is 0. The van der Waals surface area contributed by atoms with Gasteiger partial charge in [0.25, 0.3) is 0 Å². The van der Waals surface area contributed by atoms with Crippen molar-refractivity contribution in [3.05, 3.63) is 71.8 Å². The largest absolute Gasteiger partial charge is 0.460 e. The molecule has 2 aromatic rings. The predicted molar refractivity (Wildman–Crippen MR) is 142 cm³/mol. The number of esters is 2. The molecule has 2 atom stereocenters. The number of amides is 1. The van der Waals surface area contributed by atoms with Crippen molar-refractivity contribution in [2.24, 2.45) is 10.9 Å². The second kappa shape index (κ2) is 14.8. The van der Waals surface area contributed by atoms with Crippen LogP contribution in [0.5, 0.6) is 0 Å². The lowest BCUT2D eigenvalue weighted by molar-refractivity contribution is -0.159. The predicted octanol–water partition coefficient (Wildman–Crippen LogP) is 5.24. The molecule has 37 heavy (non-hydrogen) atoms. The van der Waals surface area contributed by atoms with Gasteiger partial charge in [-0.05, 0) is 44.2 Å².